The van der Waals surface area contributed by atoms with E-state index in [-0.39, 0.29) is 18.9 Å². The minimum Gasteiger partial charge on any atom is -0.497 e. The summed E-state index contributed by atoms with van der Waals surface area (Å²) in [7, 11) is 1.54. The molecule has 8 nitrogen and oxygen atoms in total. The Kier molecular flexibility index (Phi) is 5.08. The number of methoxy groups -OCH3 is 1. The maximum absolute atomic E-state index is 12.1. The zero-order chi connectivity index (χ0) is 17.9. The second-order valence-electron chi connectivity index (χ2n) is 5.90. The Balaban J connectivity index is 1.98. The maximum Gasteiger partial charge on any atom is 0.337 e. The molecule has 1 aliphatic rings. The highest BCUT2D eigenvalue weighted by atomic mass is 16.5. The van der Waals surface area contributed by atoms with E-state index in [1.165, 1.54) is 4.90 Å². The van der Waals surface area contributed by atoms with Crippen molar-refractivity contribution in [3.8, 4) is 5.75 Å². The quantitative estimate of drug-likeness (QED) is 0.673. The summed E-state index contributed by atoms with van der Waals surface area (Å²) in [6.45, 7) is 0.875. The van der Waals surface area contributed by atoms with E-state index >= 15 is 0 Å². The molecule has 0 saturated carbocycles. The van der Waals surface area contributed by atoms with Gasteiger partial charge < -0.3 is 25.2 Å². The first-order chi connectivity index (χ1) is 11.2. The highest BCUT2D eigenvalue weighted by Crippen LogP contribution is 2.26. The van der Waals surface area contributed by atoms with Crippen molar-refractivity contribution in [2.45, 2.75) is 18.9 Å². The number of nitrogens with one attached hydrogen (secondary N) is 1. The van der Waals surface area contributed by atoms with Crippen molar-refractivity contribution < 1.29 is 29.3 Å². The summed E-state index contributed by atoms with van der Waals surface area (Å²) >= 11 is 0. The van der Waals surface area contributed by atoms with Crippen molar-refractivity contribution in [1.82, 2.24) is 5.32 Å². The average Bonchev–Trinajstić information content (AvgIpc) is 2.94. The van der Waals surface area contributed by atoms with E-state index in [0.29, 0.717) is 11.4 Å². The van der Waals surface area contributed by atoms with Gasteiger partial charge in [-0.05, 0) is 31.2 Å². The molecule has 0 spiro atoms. The first-order valence-electron chi connectivity index (χ1n) is 7.42. The van der Waals surface area contributed by atoms with E-state index in [9.17, 15) is 19.5 Å². The minimum absolute atomic E-state index is 0.0348. The van der Waals surface area contributed by atoms with Crippen LogP contribution in [-0.4, -0.2) is 53.8 Å². The molecule has 2 unspecified atom stereocenters. The van der Waals surface area contributed by atoms with Crippen molar-refractivity contribution >= 4 is 23.5 Å². The van der Waals surface area contributed by atoms with Crippen LogP contribution in [0.2, 0.25) is 0 Å². The molecular formula is C16H20N2O6. The molecule has 0 aromatic heterocycles. The molecule has 130 valence electrons. The number of rotatable bonds is 6. The predicted molar refractivity (Wildman–Crippen MR) is 84.7 cm³/mol. The number of aliphatic hydroxyl groups is 1. The normalized spacial score (nSPS) is 19.7. The smallest absolute Gasteiger partial charge is 0.337 e. The monoisotopic (exact) mass is 336 g/mol. The molecule has 3 N–H and O–H groups in total. The van der Waals surface area contributed by atoms with Crippen LogP contribution in [0.15, 0.2) is 24.3 Å². The highest BCUT2D eigenvalue weighted by Gasteiger charge is 2.37. The zero-order valence-electron chi connectivity index (χ0n) is 13.5. The summed E-state index contributed by atoms with van der Waals surface area (Å²) in [5, 5.41) is 20.8. The van der Waals surface area contributed by atoms with Crippen LogP contribution >= 0.6 is 0 Å². The fourth-order valence-electron chi connectivity index (χ4n) is 2.37. The van der Waals surface area contributed by atoms with Gasteiger partial charge in [-0.25, -0.2) is 4.79 Å². The van der Waals surface area contributed by atoms with Gasteiger partial charge in [0.05, 0.1) is 19.6 Å². The summed E-state index contributed by atoms with van der Waals surface area (Å²) in [6, 6.07) is 6.90. The van der Waals surface area contributed by atoms with Crippen LogP contribution in [-0.2, 0) is 14.4 Å². The van der Waals surface area contributed by atoms with Gasteiger partial charge >= 0.3 is 5.97 Å². The predicted octanol–water partition coefficient (Wildman–Crippen LogP) is -0.000100. The van der Waals surface area contributed by atoms with E-state index < -0.39 is 29.9 Å². The van der Waals surface area contributed by atoms with Crippen LogP contribution in [0.25, 0.3) is 0 Å². The van der Waals surface area contributed by atoms with Gasteiger partial charge in [-0.1, -0.05) is 0 Å². The lowest BCUT2D eigenvalue weighted by atomic mass is 10.1. The Morgan fingerprint density at radius 2 is 2.00 bits per heavy atom. The Bertz CT molecular complexity index is 640. The third-order valence-corrected chi connectivity index (χ3v) is 3.95. The highest BCUT2D eigenvalue weighted by molar-refractivity contribution is 6.00. The number of hydrogen-bond donors (Lipinski definition) is 3. The van der Waals surface area contributed by atoms with Crippen LogP contribution < -0.4 is 15.0 Å². The number of hydrogen-bond acceptors (Lipinski definition) is 5. The summed E-state index contributed by atoms with van der Waals surface area (Å²) in [5.74, 6) is -2.00. The molecule has 0 radical (unpaired) electrons. The maximum atomic E-state index is 12.1. The Morgan fingerprint density at radius 1 is 1.38 bits per heavy atom. The van der Waals surface area contributed by atoms with Crippen LogP contribution in [0.5, 0.6) is 5.75 Å². The molecule has 0 aliphatic carbocycles. The van der Waals surface area contributed by atoms with E-state index in [1.807, 2.05) is 0 Å². The van der Waals surface area contributed by atoms with Gasteiger partial charge in [0.15, 0.2) is 5.60 Å². The van der Waals surface area contributed by atoms with Gasteiger partial charge in [0, 0.05) is 18.7 Å². The molecule has 2 atom stereocenters. The fraction of sp³-hybridized carbons (Fsp3) is 0.438. The molecule has 0 bridgehead atoms. The van der Waals surface area contributed by atoms with E-state index in [1.54, 1.807) is 31.4 Å². The van der Waals surface area contributed by atoms with Gasteiger partial charge in [0.2, 0.25) is 11.8 Å². The standard InChI is InChI=1S/C16H20N2O6/c1-16(23,15(21)22)9-17-14(20)10-7-13(19)18(8-10)11-3-5-12(24-2)6-4-11/h3-6,10,23H,7-9H2,1-2H3,(H,17,20)(H,21,22). The van der Waals surface area contributed by atoms with Crippen LogP contribution in [0.1, 0.15) is 13.3 Å². The number of anilines is 1. The third-order valence-electron chi connectivity index (χ3n) is 3.95. The van der Waals surface area contributed by atoms with E-state index in [2.05, 4.69) is 5.32 Å². The minimum atomic E-state index is -2.05. The number of carboxylic acids is 1. The second kappa shape index (κ2) is 6.88. The molecule has 1 aliphatic heterocycles. The molecule has 1 saturated heterocycles. The summed E-state index contributed by atoms with van der Waals surface area (Å²) in [4.78, 5) is 36.6. The van der Waals surface area contributed by atoms with Gasteiger partial charge in [-0.15, -0.1) is 0 Å². The Morgan fingerprint density at radius 3 is 2.54 bits per heavy atom. The van der Waals surface area contributed by atoms with Crippen molar-refractivity contribution in [3.05, 3.63) is 24.3 Å². The lowest BCUT2D eigenvalue weighted by molar-refractivity contribution is -0.156. The van der Waals surface area contributed by atoms with Crippen LogP contribution in [0.4, 0.5) is 5.69 Å². The van der Waals surface area contributed by atoms with Gasteiger partial charge in [0.25, 0.3) is 0 Å². The molecule has 1 aromatic rings. The van der Waals surface area contributed by atoms with E-state index in [0.717, 1.165) is 6.92 Å². The fourth-order valence-corrected chi connectivity index (χ4v) is 2.37. The van der Waals surface area contributed by atoms with Crippen molar-refractivity contribution in [2.75, 3.05) is 25.1 Å². The largest absolute Gasteiger partial charge is 0.497 e. The number of nitrogens with zero attached hydrogens (tertiary/aromatic N) is 1. The lowest BCUT2D eigenvalue weighted by Crippen LogP contribution is -2.48. The summed E-state index contributed by atoms with van der Waals surface area (Å²) < 4.78 is 5.06. The topological polar surface area (TPSA) is 116 Å². The molecule has 1 fully saturated rings. The molecular weight excluding hydrogens is 316 g/mol. The van der Waals surface area contributed by atoms with Crippen molar-refractivity contribution in [3.63, 3.8) is 0 Å². The number of ether oxygens (including phenoxy) is 1. The van der Waals surface area contributed by atoms with Gasteiger partial charge in [0.1, 0.15) is 5.75 Å². The SMILES string of the molecule is COc1ccc(N2CC(C(=O)NCC(C)(O)C(=O)O)CC2=O)cc1. The number of amides is 2. The molecule has 2 rings (SSSR count). The molecule has 2 amide bonds. The van der Waals surface area contributed by atoms with E-state index in [4.69, 9.17) is 9.84 Å². The molecule has 8 heteroatoms. The Hall–Kier alpha value is -2.61. The average molecular weight is 336 g/mol. The van der Waals surface area contributed by atoms with Crippen LogP contribution in [0, 0.1) is 5.92 Å². The number of carbonyl (C=O) groups is 3. The van der Waals surface area contributed by atoms with Crippen molar-refractivity contribution in [2.24, 2.45) is 5.92 Å². The molecule has 24 heavy (non-hydrogen) atoms. The molecule has 1 heterocycles. The number of aliphatic carboxylic acids is 1. The molecule has 1 aromatic carbocycles. The lowest BCUT2D eigenvalue weighted by Gasteiger charge is -2.20. The second-order valence-corrected chi connectivity index (χ2v) is 5.90. The summed E-state index contributed by atoms with van der Waals surface area (Å²) in [5.41, 5.74) is -1.39. The first kappa shape index (κ1) is 17.7. The van der Waals surface area contributed by atoms with Crippen LogP contribution in [0.3, 0.4) is 0 Å². The number of carbonyl (C=O) groups excluding carboxylic acids is 2. The Labute approximate surface area is 139 Å². The number of carboxylic acid groups (broad SMARTS) is 1. The third kappa shape index (κ3) is 3.83. The first-order valence-corrected chi connectivity index (χ1v) is 7.42. The number of benzene rings is 1. The van der Waals surface area contributed by atoms with Gasteiger partial charge in [-0.3, -0.25) is 9.59 Å². The van der Waals surface area contributed by atoms with Crippen molar-refractivity contribution in [1.29, 1.82) is 0 Å². The zero-order valence-corrected chi connectivity index (χ0v) is 13.5. The van der Waals surface area contributed by atoms with Gasteiger partial charge in [-0.2, -0.15) is 0 Å². The summed E-state index contributed by atoms with van der Waals surface area (Å²) in [6.07, 6.45) is 0.0348.